The number of hydrogen-bond acceptors (Lipinski definition) is 6. The van der Waals surface area contributed by atoms with Gasteiger partial charge in [0.1, 0.15) is 17.5 Å². The highest BCUT2D eigenvalue weighted by atomic mass is 32.2. The van der Waals surface area contributed by atoms with E-state index in [1.54, 1.807) is 37.3 Å². The second kappa shape index (κ2) is 16.0. The summed E-state index contributed by atoms with van der Waals surface area (Å²) in [6.45, 7) is 1.93. The molecule has 8 nitrogen and oxygen atoms in total. The molecule has 0 spiro atoms. The standard InChI is InChI=1S/C34H37F3N4O4S/c1-22(42)20-39-21-27(41-46(44,45)28-12-3-2-4-13-28)16-17-29-30(37)14-7-15-31(29)40-34(43)33(38)32(23-8-5-10-25(35)18-23)24-9-6-11-26(36)19-24/h2-15,18-19,22,27,32-33,39,41-42H,16-17,20-21,38H2,1H3,(H,40,43)/t22-,27+,33+/m1/s1. The molecule has 3 atom stereocenters. The van der Waals surface area contributed by atoms with Gasteiger partial charge in [-0.05, 0) is 79.4 Å². The van der Waals surface area contributed by atoms with Crippen LogP contribution in [0.1, 0.15) is 36.0 Å². The van der Waals surface area contributed by atoms with Crippen molar-refractivity contribution in [2.45, 2.75) is 48.8 Å². The molecule has 0 saturated carbocycles. The number of halogens is 3. The van der Waals surface area contributed by atoms with Gasteiger partial charge in [0, 0.05) is 36.3 Å². The van der Waals surface area contributed by atoms with E-state index >= 15 is 4.39 Å². The van der Waals surface area contributed by atoms with Crippen LogP contribution in [0.15, 0.2) is 102 Å². The van der Waals surface area contributed by atoms with Gasteiger partial charge in [0.05, 0.1) is 17.0 Å². The highest BCUT2D eigenvalue weighted by Gasteiger charge is 2.29. The highest BCUT2D eigenvalue weighted by molar-refractivity contribution is 7.89. The van der Waals surface area contributed by atoms with Gasteiger partial charge in [-0.2, -0.15) is 0 Å². The van der Waals surface area contributed by atoms with Gasteiger partial charge in [-0.1, -0.05) is 48.5 Å². The molecule has 4 aromatic carbocycles. The van der Waals surface area contributed by atoms with Crippen LogP contribution in [0.25, 0.3) is 0 Å². The lowest BCUT2D eigenvalue weighted by atomic mass is 9.84. The SMILES string of the molecule is C[C@@H](O)CNC[C@H](CCc1c(F)cccc1NC(=O)[C@@H](N)C(c1cccc(F)c1)c1cccc(F)c1)NS(=O)(=O)c1ccccc1. The van der Waals surface area contributed by atoms with Crippen molar-refractivity contribution < 1.29 is 31.5 Å². The molecule has 0 heterocycles. The Balaban J connectivity index is 1.56. The van der Waals surface area contributed by atoms with Crippen molar-refractivity contribution in [2.75, 3.05) is 18.4 Å². The molecule has 0 radical (unpaired) electrons. The molecule has 4 aromatic rings. The molecule has 0 bridgehead atoms. The maximum atomic E-state index is 15.2. The maximum absolute atomic E-state index is 15.2. The second-order valence-corrected chi connectivity index (χ2v) is 12.8. The second-order valence-electron chi connectivity index (χ2n) is 11.0. The first-order chi connectivity index (χ1) is 21.9. The number of aliphatic hydroxyl groups is 1. The van der Waals surface area contributed by atoms with Crippen molar-refractivity contribution in [1.29, 1.82) is 0 Å². The summed E-state index contributed by atoms with van der Waals surface area (Å²) in [4.78, 5) is 13.6. The van der Waals surface area contributed by atoms with Crippen molar-refractivity contribution >= 4 is 21.6 Å². The smallest absolute Gasteiger partial charge is 0.242 e. The average Bonchev–Trinajstić information content (AvgIpc) is 3.01. The van der Waals surface area contributed by atoms with Gasteiger partial charge < -0.3 is 21.5 Å². The first-order valence-corrected chi connectivity index (χ1v) is 16.2. The maximum Gasteiger partial charge on any atom is 0.242 e. The fourth-order valence-corrected chi connectivity index (χ4v) is 6.47. The number of rotatable bonds is 15. The molecule has 0 unspecified atom stereocenters. The third kappa shape index (κ3) is 9.47. The summed E-state index contributed by atoms with van der Waals surface area (Å²) in [6, 6.07) is 20.9. The molecule has 0 saturated heterocycles. The molecular weight excluding hydrogens is 617 g/mol. The zero-order chi connectivity index (χ0) is 33.3. The van der Waals surface area contributed by atoms with Gasteiger partial charge in [0.2, 0.25) is 15.9 Å². The van der Waals surface area contributed by atoms with Crippen molar-refractivity contribution in [3.8, 4) is 0 Å². The molecule has 0 aliphatic heterocycles. The van der Waals surface area contributed by atoms with Crippen LogP contribution >= 0.6 is 0 Å². The minimum absolute atomic E-state index is 0.0209. The van der Waals surface area contributed by atoms with Crippen molar-refractivity contribution in [1.82, 2.24) is 10.0 Å². The normalized spacial score (nSPS) is 13.7. The lowest BCUT2D eigenvalue weighted by Crippen LogP contribution is -2.43. The van der Waals surface area contributed by atoms with E-state index in [-0.39, 0.29) is 42.1 Å². The Hall–Kier alpha value is -4.07. The number of amides is 1. The van der Waals surface area contributed by atoms with E-state index in [1.807, 2.05) is 0 Å². The van der Waals surface area contributed by atoms with Gasteiger partial charge in [0.25, 0.3) is 0 Å². The predicted octanol–water partition coefficient (Wildman–Crippen LogP) is 4.45. The predicted molar refractivity (Wildman–Crippen MR) is 171 cm³/mol. The number of carbonyl (C=O) groups excluding carboxylic acids is 1. The van der Waals surface area contributed by atoms with Crippen LogP contribution in [0, 0.1) is 17.5 Å². The van der Waals surface area contributed by atoms with Crippen LogP contribution in [-0.2, 0) is 21.2 Å². The van der Waals surface area contributed by atoms with E-state index in [0.717, 1.165) is 0 Å². The van der Waals surface area contributed by atoms with E-state index in [4.69, 9.17) is 5.73 Å². The van der Waals surface area contributed by atoms with E-state index in [9.17, 15) is 27.1 Å². The zero-order valence-corrected chi connectivity index (χ0v) is 26.0. The van der Waals surface area contributed by atoms with Crippen LogP contribution in [0.5, 0.6) is 0 Å². The summed E-state index contributed by atoms with van der Waals surface area (Å²) in [5.74, 6) is -3.39. The molecular formula is C34H37F3N4O4S. The summed E-state index contributed by atoms with van der Waals surface area (Å²) in [5, 5.41) is 15.3. The molecule has 6 N–H and O–H groups in total. The summed E-state index contributed by atoms with van der Waals surface area (Å²) < 4.78 is 72.4. The van der Waals surface area contributed by atoms with Crippen LogP contribution in [-0.4, -0.2) is 50.7 Å². The topological polar surface area (TPSA) is 134 Å². The lowest BCUT2D eigenvalue weighted by Gasteiger charge is -2.25. The quantitative estimate of drug-likeness (QED) is 0.129. The molecule has 0 aliphatic rings. The Kier molecular flexibility index (Phi) is 12.1. The molecule has 4 rings (SSSR count). The Labute approximate surface area is 266 Å². The molecule has 244 valence electrons. The first-order valence-electron chi connectivity index (χ1n) is 14.8. The minimum Gasteiger partial charge on any atom is -0.392 e. The third-order valence-corrected chi connectivity index (χ3v) is 8.94. The third-order valence-electron chi connectivity index (χ3n) is 7.40. The van der Waals surface area contributed by atoms with Crippen LogP contribution in [0.3, 0.4) is 0 Å². The number of hydrogen-bond donors (Lipinski definition) is 5. The molecule has 0 fully saturated rings. The van der Waals surface area contributed by atoms with E-state index in [2.05, 4.69) is 15.4 Å². The van der Waals surface area contributed by atoms with Crippen LogP contribution < -0.4 is 21.1 Å². The first kappa shape index (κ1) is 34.8. The molecule has 0 aliphatic carbocycles. The van der Waals surface area contributed by atoms with Gasteiger partial charge in [-0.15, -0.1) is 0 Å². The summed E-state index contributed by atoms with van der Waals surface area (Å²) >= 11 is 0. The van der Waals surface area contributed by atoms with Crippen molar-refractivity contribution in [3.63, 3.8) is 0 Å². The fraction of sp³-hybridized carbons (Fsp3) is 0.265. The fourth-order valence-electron chi connectivity index (χ4n) is 5.18. The monoisotopic (exact) mass is 654 g/mol. The summed E-state index contributed by atoms with van der Waals surface area (Å²) in [5.41, 5.74) is 7.38. The van der Waals surface area contributed by atoms with Crippen LogP contribution in [0.2, 0.25) is 0 Å². The Morgan fingerprint density at radius 3 is 2.04 bits per heavy atom. The van der Waals surface area contributed by atoms with E-state index in [0.29, 0.717) is 11.1 Å². The van der Waals surface area contributed by atoms with Crippen molar-refractivity contribution in [2.24, 2.45) is 5.73 Å². The van der Waals surface area contributed by atoms with Gasteiger partial charge in [-0.3, -0.25) is 4.79 Å². The Bertz CT molecular complexity index is 1680. The Morgan fingerprint density at radius 2 is 1.46 bits per heavy atom. The molecule has 12 heteroatoms. The number of anilines is 1. The number of benzene rings is 4. The Morgan fingerprint density at radius 1 is 0.848 bits per heavy atom. The van der Waals surface area contributed by atoms with Gasteiger partial charge >= 0.3 is 0 Å². The number of carbonyl (C=O) groups is 1. The van der Waals surface area contributed by atoms with E-state index in [1.165, 1.54) is 66.7 Å². The number of sulfonamides is 1. The summed E-state index contributed by atoms with van der Waals surface area (Å²) in [6.07, 6.45) is -0.524. The number of nitrogens with one attached hydrogen (secondary N) is 3. The van der Waals surface area contributed by atoms with Crippen LogP contribution in [0.4, 0.5) is 18.9 Å². The average molecular weight is 655 g/mol. The highest BCUT2D eigenvalue weighted by Crippen LogP contribution is 2.30. The molecule has 46 heavy (non-hydrogen) atoms. The van der Waals surface area contributed by atoms with Gasteiger partial charge in [0.15, 0.2) is 0 Å². The summed E-state index contributed by atoms with van der Waals surface area (Å²) in [7, 11) is -3.92. The lowest BCUT2D eigenvalue weighted by molar-refractivity contribution is -0.117. The molecule has 1 amide bonds. The minimum atomic E-state index is -3.92. The largest absolute Gasteiger partial charge is 0.392 e. The number of aliphatic hydroxyl groups excluding tert-OH is 1. The number of nitrogens with two attached hydrogens (primary N) is 1. The van der Waals surface area contributed by atoms with E-state index < -0.39 is 57.5 Å². The van der Waals surface area contributed by atoms with Crippen molar-refractivity contribution in [3.05, 3.63) is 131 Å². The zero-order valence-electron chi connectivity index (χ0n) is 25.2. The molecule has 0 aromatic heterocycles. The van der Waals surface area contributed by atoms with Gasteiger partial charge in [-0.25, -0.2) is 26.3 Å².